The lowest BCUT2D eigenvalue weighted by molar-refractivity contribution is 0.0953. The van der Waals surface area contributed by atoms with E-state index in [1.54, 1.807) is 36.2 Å². The molecule has 0 fully saturated rings. The van der Waals surface area contributed by atoms with E-state index in [4.69, 9.17) is 0 Å². The zero-order chi connectivity index (χ0) is 15.6. The lowest BCUT2D eigenvalue weighted by Crippen LogP contribution is -2.33. The zero-order valence-electron chi connectivity index (χ0n) is 12.5. The number of fused-ring (bicyclic) bond motifs is 1. The van der Waals surface area contributed by atoms with E-state index in [0.717, 1.165) is 12.8 Å². The minimum atomic E-state index is -1.50. The molecule has 0 N–H and O–H groups in total. The monoisotopic (exact) mass is 305 g/mol. The summed E-state index contributed by atoms with van der Waals surface area (Å²) in [5, 5.41) is 0. The molecule has 5 heteroatoms. The molecule has 1 unspecified atom stereocenters. The minimum Gasteiger partial charge on any atom is -0.370 e. The smallest absolute Gasteiger partial charge is 0.211 e. The average molecular weight is 305 g/mol. The summed E-state index contributed by atoms with van der Waals surface area (Å²) in [5.74, 6) is -0.515. The Morgan fingerprint density at radius 2 is 1.67 bits per heavy atom. The number of carbonyl (C=O) groups excluding carboxylic acids is 2. The number of carbonyl (C=O) groups is 2. The van der Waals surface area contributed by atoms with Gasteiger partial charge in [0, 0.05) is 31.0 Å². The number of nitrogens with zero attached hydrogens (tertiary/aromatic N) is 1. The van der Waals surface area contributed by atoms with Crippen molar-refractivity contribution >= 4 is 22.4 Å². The standard InChI is InChI=1S/C16H19NO3S/c1-4-5-10-17(2)13-14(18)11-8-6-7-9-12(11)15(19)16(13)21(3)20/h6-9H,4-5,10H2,1-3H3. The first-order valence-corrected chi connectivity index (χ1v) is 8.52. The third-order valence-corrected chi connectivity index (χ3v) is 4.52. The van der Waals surface area contributed by atoms with Crippen molar-refractivity contribution < 1.29 is 13.8 Å². The van der Waals surface area contributed by atoms with E-state index in [1.165, 1.54) is 6.26 Å². The summed E-state index contributed by atoms with van der Waals surface area (Å²) in [6.07, 6.45) is 3.34. The zero-order valence-corrected chi connectivity index (χ0v) is 13.3. The summed E-state index contributed by atoms with van der Waals surface area (Å²) >= 11 is 0. The van der Waals surface area contributed by atoms with Gasteiger partial charge in [0.05, 0.1) is 10.8 Å². The van der Waals surface area contributed by atoms with Gasteiger partial charge >= 0.3 is 0 Å². The highest BCUT2D eigenvalue weighted by Gasteiger charge is 2.35. The van der Waals surface area contributed by atoms with Gasteiger partial charge in [0.15, 0.2) is 0 Å². The van der Waals surface area contributed by atoms with Gasteiger partial charge in [-0.15, -0.1) is 0 Å². The molecule has 0 saturated carbocycles. The van der Waals surface area contributed by atoms with Crippen LogP contribution in [0.15, 0.2) is 34.9 Å². The van der Waals surface area contributed by atoms with Gasteiger partial charge in [0.2, 0.25) is 11.6 Å². The fourth-order valence-corrected chi connectivity index (χ4v) is 3.35. The Labute approximate surface area is 127 Å². The van der Waals surface area contributed by atoms with E-state index in [0.29, 0.717) is 17.7 Å². The summed E-state index contributed by atoms with van der Waals surface area (Å²) in [5.41, 5.74) is 1.03. The average Bonchev–Trinajstić information content (AvgIpc) is 2.47. The van der Waals surface area contributed by atoms with E-state index in [-0.39, 0.29) is 22.2 Å². The third-order valence-electron chi connectivity index (χ3n) is 3.57. The quantitative estimate of drug-likeness (QED) is 0.838. The van der Waals surface area contributed by atoms with Crippen LogP contribution in [0.3, 0.4) is 0 Å². The Kier molecular flexibility index (Phi) is 4.73. The van der Waals surface area contributed by atoms with Crippen LogP contribution in [0.4, 0.5) is 0 Å². The van der Waals surface area contributed by atoms with Crippen LogP contribution in [0.5, 0.6) is 0 Å². The van der Waals surface area contributed by atoms with E-state index in [1.807, 2.05) is 0 Å². The highest BCUT2D eigenvalue weighted by atomic mass is 32.2. The maximum atomic E-state index is 12.7. The predicted molar refractivity (Wildman–Crippen MR) is 83.7 cm³/mol. The molecule has 1 aromatic rings. The molecule has 0 bridgehead atoms. The lowest BCUT2D eigenvalue weighted by Gasteiger charge is -2.27. The summed E-state index contributed by atoms with van der Waals surface area (Å²) < 4.78 is 12.0. The maximum Gasteiger partial charge on any atom is 0.211 e. The molecular weight excluding hydrogens is 286 g/mol. The molecule has 112 valence electrons. The molecular formula is C16H19NO3S. The van der Waals surface area contributed by atoms with Crippen molar-refractivity contribution in [1.82, 2.24) is 4.90 Å². The van der Waals surface area contributed by atoms with Crippen LogP contribution < -0.4 is 0 Å². The molecule has 21 heavy (non-hydrogen) atoms. The molecule has 0 spiro atoms. The molecule has 1 aliphatic rings. The molecule has 4 nitrogen and oxygen atoms in total. The fraction of sp³-hybridized carbons (Fsp3) is 0.375. The fourth-order valence-electron chi connectivity index (χ4n) is 2.46. The van der Waals surface area contributed by atoms with Crippen molar-refractivity contribution in [2.45, 2.75) is 19.8 Å². The maximum absolute atomic E-state index is 12.7. The van der Waals surface area contributed by atoms with Crippen molar-refractivity contribution in [3.63, 3.8) is 0 Å². The lowest BCUT2D eigenvalue weighted by atomic mass is 9.92. The summed E-state index contributed by atoms with van der Waals surface area (Å²) in [6, 6.07) is 6.72. The van der Waals surface area contributed by atoms with Crippen molar-refractivity contribution in [2.75, 3.05) is 19.8 Å². The highest BCUT2D eigenvalue weighted by Crippen LogP contribution is 2.29. The Hall–Kier alpha value is -1.75. The van der Waals surface area contributed by atoms with Gasteiger partial charge in [-0.3, -0.25) is 13.8 Å². The number of likely N-dealkylation sites (N-methyl/N-ethyl adjacent to an activating group) is 1. The molecule has 0 aliphatic heterocycles. The highest BCUT2D eigenvalue weighted by molar-refractivity contribution is 7.89. The van der Waals surface area contributed by atoms with Gasteiger partial charge in [0.1, 0.15) is 10.6 Å². The van der Waals surface area contributed by atoms with Gasteiger partial charge in [0.25, 0.3) is 0 Å². The van der Waals surface area contributed by atoms with E-state index >= 15 is 0 Å². The normalized spacial score (nSPS) is 16.0. The second-order valence-corrected chi connectivity index (χ2v) is 6.43. The van der Waals surface area contributed by atoms with Gasteiger partial charge < -0.3 is 4.90 Å². The SMILES string of the molecule is CCCCN(C)C1=C(S(C)=O)C(=O)c2ccccc2C1=O. The first-order chi connectivity index (χ1) is 9.99. The van der Waals surface area contributed by atoms with Gasteiger partial charge in [-0.2, -0.15) is 0 Å². The van der Waals surface area contributed by atoms with Crippen LogP contribution in [-0.4, -0.2) is 40.5 Å². The van der Waals surface area contributed by atoms with Crippen LogP contribution in [0.25, 0.3) is 0 Å². The molecule has 0 amide bonds. The topological polar surface area (TPSA) is 54.5 Å². The molecule has 0 heterocycles. The molecule has 0 radical (unpaired) electrons. The van der Waals surface area contributed by atoms with E-state index in [2.05, 4.69) is 6.92 Å². The van der Waals surface area contributed by atoms with Crippen molar-refractivity contribution in [3.05, 3.63) is 46.0 Å². The summed E-state index contributed by atoms with van der Waals surface area (Å²) in [4.78, 5) is 27.1. The van der Waals surface area contributed by atoms with E-state index in [9.17, 15) is 13.8 Å². The number of Topliss-reactive ketones (excluding diaryl/α,β-unsaturated/α-hetero) is 2. The number of unbranched alkanes of at least 4 members (excludes halogenated alkanes) is 1. The van der Waals surface area contributed by atoms with Crippen LogP contribution in [0, 0.1) is 0 Å². The first kappa shape index (κ1) is 15.6. The largest absolute Gasteiger partial charge is 0.370 e. The molecule has 0 aromatic heterocycles. The predicted octanol–water partition coefficient (Wildman–Crippen LogP) is 2.39. The first-order valence-electron chi connectivity index (χ1n) is 6.96. The van der Waals surface area contributed by atoms with Crippen LogP contribution >= 0.6 is 0 Å². The Morgan fingerprint density at radius 1 is 1.10 bits per heavy atom. The Morgan fingerprint density at radius 3 is 2.19 bits per heavy atom. The minimum absolute atomic E-state index is 0.123. The van der Waals surface area contributed by atoms with Crippen LogP contribution in [0.2, 0.25) is 0 Å². The number of hydrogen-bond acceptors (Lipinski definition) is 4. The number of rotatable bonds is 5. The molecule has 0 saturated heterocycles. The third kappa shape index (κ3) is 2.83. The summed E-state index contributed by atoms with van der Waals surface area (Å²) in [7, 11) is 0.276. The molecule has 1 aliphatic carbocycles. The van der Waals surface area contributed by atoms with Crippen molar-refractivity contribution in [3.8, 4) is 0 Å². The molecule has 2 rings (SSSR count). The number of allylic oxidation sites excluding steroid dienone is 2. The molecule has 1 atom stereocenters. The van der Waals surface area contributed by atoms with Gasteiger partial charge in [-0.05, 0) is 6.42 Å². The van der Waals surface area contributed by atoms with Crippen molar-refractivity contribution in [2.24, 2.45) is 0 Å². The Balaban J connectivity index is 2.57. The summed E-state index contributed by atoms with van der Waals surface area (Å²) in [6.45, 7) is 2.72. The Bertz CT molecular complexity index is 649. The van der Waals surface area contributed by atoms with Gasteiger partial charge in [-0.1, -0.05) is 37.6 Å². The van der Waals surface area contributed by atoms with Crippen molar-refractivity contribution in [1.29, 1.82) is 0 Å². The van der Waals surface area contributed by atoms with Crippen LogP contribution in [0.1, 0.15) is 40.5 Å². The molecule has 1 aromatic carbocycles. The number of ketones is 2. The second-order valence-electron chi connectivity index (χ2n) is 5.11. The number of benzene rings is 1. The van der Waals surface area contributed by atoms with Gasteiger partial charge in [-0.25, -0.2) is 0 Å². The van der Waals surface area contributed by atoms with Crippen LogP contribution in [-0.2, 0) is 10.8 Å². The number of hydrogen-bond donors (Lipinski definition) is 0. The van der Waals surface area contributed by atoms with E-state index < -0.39 is 10.8 Å². The second kappa shape index (κ2) is 6.35.